The number of nitrogens with one attached hydrogen (secondary N) is 2. The first kappa shape index (κ1) is 20.4. The molecule has 0 spiro atoms. The van der Waals surface area contributed by atoms with Crippen LogP contribution in [0.25, 0.3) is 0 Å². The molecule has 6 nitrogen and oxygen atoms in total. The number of carbonyl (C=O) groups excluding carboxylic acids is 2. The second-order valence-electron chi connectivity index (χ2n) is 5.49. The minimum Gasteiger partial charge on any atom is -0.489 e. The fourth-order valence-corrected chi connectivity index (χ4v) is 2.50. The standard InChI is InChI=1S/C20H20BrN3O3/c1-3-11-27-18-10-7-16(21)12-15(18)13-22-24-20(26)19(25)23-17-8-5-14(4-2)6-9-17/h3,5-10,12-13H,1,4,11H2,2H3,(H,23,25)(H,24,26). The molecule has 2 N–H and O–H groups in total. The van der Waals surface area contributed by atoms with Gasteiger partial charge in [0.05, 0.1) is 6.21 Å². The lowest BCUT2D eigenvalue weighted by Gasteiger charge is -2.07. The maximum absolute atomic E-state index is 11.9. The van der Waals surface area contributed by atoms with Crippen LogP contribution in [0.15, 0.2) is 64.7 Å². The van der Waals surface area contributed by atoms with E-state index < -0.39 is 11.8 Å². The van der Waals surface area contributed by atoms with Crippen molar-refractivity contribution in [3.63, 3.8) is 0 Å². The smallest absolute Gasteiger partial charge is 0.329 e. The topological polar surface area (TPSA) is 79.8 Å². The first-order valence-corrected chi connectivity index (χ1v) is 9.09. The third-order valence-corrected chi connectivity index (χ3v) is 4.02. The molecule has 140 valence electrons. The average Bonchev–Trinajstić information content (AvgIpc) is 2.67. The van der Waals surface area contributed by atoms with Crippen molar-refractivity contribution in [2.24, 2.45) is 5.10 Å². The van der Waals surface area contributed by atoms with Crippen LogP contribution in [0.5, 0.6) is 5.75 Å². The second kappa shape index (κ2) is 10.3. The van der Waals surface area contributed by atoms with Crippen molar-refractivity contribution in [2.45, 2.75) is 13.3 Å². The van der Waals surface area contributed by atoms with Gasteiger partial charge in [0.15, 0.2) is 0 Å². The number of halogens is 1. The minimum absolute atomic E-state index is 0.341. The highest BCUT2D eigenvalue weighted by Gasteiger charge is 2.13. The van der Waals surface area contributed by atoms with Crippen LogP contribution in [0, 0.1) is 0 Å². The van der Waals surface area contributed by atoms with Crippen LogP contribution in [-0.4, -0.2) is 24.6 Å². The summed E-state index contributed by atoms with van der Waals surface area (Å²) >= 11 is 3.37. The van der Waals surface area contributed by atoms with Crippen LogP contribution in [0.4, 0.5) is 5.69 Å². The normalized spacial score (nSPS) is 10.4. The minimum atomic E-state index is -0.866. The Labute approximate surface area is 166 Å². The van der Waals surface area contributed by atoms with Gasteiger partial charge in [-0.2, -0.15) is 5.10 Å². The third-order valence-electron chi connectivity index (χ3n) is 3.52. The van der Waals surface area contributed by atoms with E-state index in [0.717, 1.165) is 16.5 Å². The van der Waals surface area contributed by atoms with Crippen LogP contribution in [-0.2, 0) is 16.0 Å². The summed E-state index contributed by atoms with van der Waals surface area (Å²) in [6.45, 7) is 5.98. The van der Waals surface area contributed by atoms with Gasteiger partial charge in [-0.25, -0.2) is 5.43 Å². The van der Waals surface area contributed by atoms with E-state index in [1.165, 1.54) is 6.21 Å². The zero-order valence-corrected chi connectivity index (χ0v) is 16.5. The molecule has 0 saturated carbocycles. The molecule has 27 heavy (non-hydrogen) atoms. The molecular weight excluding hydrogens is 410 g/mol. The summed E-state index contributed by atoms with van der Waals surface area (Å²) < 4.78 is 6.35. The molecule has 0 aliphatic carbocycles. The summed E-state index contributed by atoms with van der Waals surface area (Å²) in [7, 11) is 0. The van der Waals surface area contributed by atoms with E-state index in [1.54, 1.807) is 30.3 Å². The molecule has 2 rings (SSSR count). The van der Waals surface area contributed by atoms with Gasteiger partial charge in [-0.15, -0.1) is 0 Å². The van der Waals surface area contributed by atoms with Crippen LogP contribution in [0.1, 0.15) is 18.1 Å². The number of nitrogens with zero attached hydrogens (tertiary/aromatic N) is 1. The van der Waals surface area contributed by atoms with Gasteiger partial charge in [-0.05, 0) is 42.3 Å². The number of anilines is 1. The van der Waals surface area contributed by atoms with E-state index in [4.69, 9.17) is 4.74 Å². The van der Waals surface area contributed by atoms with Crippen LogP contribution in [0.2, 0.25) is 0 Å². The fraction of sp³-hybridized carbons (Fsp3) is 0.150. The average molecular weight is 430 g/mol. The Morgan fingerprint density at radius 3 is 2.59 bits per heavy atom. The van der Waals surface area contributed by atoms with E-state index in [9.17, 15) is 9.59 Å². The summed E-state index contributed by atoms with van der Waals surface area (Å²) in [4.78, 5) is 23.8. The summed E-state index contributed by atoms with van der Waals surface area (Å²) in [6, 6.07) is 12.7. The zero-order chi connectivity index (χ0) is 19.6. The summed E-state index contributed by atoms with van der Waals surface area (Å²) in [5.41, 5.74) is 4.53. The van der Waals surface area contributed by atoms with Crippen molar-refractivity contribution < 1.29 is 14.3 Å². The summed E-state index contributed by atoms with van der Waals surface area (Å²) in [5.74, 6) is -1.08. The quantitative estimate of drug-likeness (QED) is 0.305. The number of aryl methyl sites for hydroxylation is 1. The number of hydrazone groups is 1. The molecule has 0 heterocycles. The van der Waals surface area contributed by atoms with Crippen LogP contribution in [0.3, 0.4) is 0 Å². The Kier molecular flexibility index (Phi) is 7.76. The van der Waals surface area contributed by atoms with Gasteiger partial charge in [0.25, 0.3) is 0 Å². The van der Waals surface area contributed by atoms with Gasteiger partial charge >= 0.3 is 11.8 Å². The van der Waals surface area contributed by atoms with E-state index in [2.05, 4.69) is 38.4 Å². The second-order valence-corrected chi connectivity index (χ2v) is 6.40. The Morgan fingerprint density at radius 1 is 1.19 bits per heavy atom. The van der Waals surface area contributed by atoms with Gasteiger partial charge in [-0.1, -0.05) is 47.6 Å². The van der Waals surface area contributed by atoms with Crippen LogP contribution >= 0.6 is 15.9 Å². The summed E-state index contributed by atoms with van der Waals surface area (Å²) in [6.07, 6.45) is 3.93. The Balaban J connectivity index is 1.96. The highest BCUT2D eigenvalue weighted by molar-refractivity contribution is 9.10. The van der Waals surface area contributed by atoms with Gasteiger partial charge < -0.3 is 10.1 Å². The Bertz CT molecular complexity index is 848. The molecular formula is C20H20BrN3O3. The number of rotatable bonds is 7. The largest absolute Gasteiger partial charge is 0.489 e. The number of ether oxygens (including phenoxy) is 1. The monoisotopic (exact) mass is 429 g/mol. The molecule has 0 bridgehead atoms. The lowest BCUT2D eigenvalue weighted by atomic mass is 10.1. The molecule has 0 aliphatic rings. The molecule has 0 aliphatic heterocycles. The highest BCUT2D eigenvalue weighted by Crippen LogP contribution is 2.21. The van der Waals surface area contributed by atoms with Gasteiger partial charge in [0.1, 0.15) is 12.4 Å². The molecule has 7 heteroatoms. The first-order chi connectivity index (χ1) is 13.0. The van der Waals surface area contributed by atoms with Crippen molar-refractivity contribution >= 4 is 39.6 Å². The van der Waals surface area contributed by atoms with Crippen molar-refractivity contribution in [2.75, 3.05) is 11.9 Å². The Hall–Kier alpha value is -2.93. The molecule has 2 amide bonds. The molecule has 0 fully saturated rings. The van der Waals surface area contributed by atoms with Gasteiger partial charge in [0, 0.05) is 15.7 Å². The number of carbonyl (C=O) groups is 2. The van der Waals surface area contributed by atoms with Crippen molar-refractivity contribution in [1.29, 1.82) is 0 Å². The van der Waals surface area contributed by atoms with E-state index in [1.807, 2.05) is 25.1 Å². The maximum Gasteiger partial charge on any atom is 0.329 e. The number of benzene rings is 2. The molecule has 0 aromatic heterocycles. The van der Waals surface area contributed by atoms with E-state index >= 15 is 0 Å². The van der Waals surface area contributed by atoms with E-state index in [0.29, 0.717) is 23.6 Å². The molecule has 0 radical (unpaired) electrons. The van der Waals surface area contributed by atoms with Gasteiger partial charge in [-0.3, -0.25) is 9.59 Å². The number of hydrogen-bond donors (Lipinski definition) is 2. The van der Waals surface area contributed by atoms with Crippen molar-refractivity contribution in [3.05, 3.63) is 70.7 Å². The van der Waals surface area contributed by atoms with Gasteiger partial charge in [0.2, 0.25) is 0 Å². The van der Waals surface area contributed by atoms with Crippen LogP contribution < -0.4 is 15.5 Å². The van der Waals surface area contributed by atoms with Crippen molar-refractivity contribution in [3.8, 4) is 5.75 Å². The number of hydrogen-bond acceptors (Lipinski definition) is 4. The molecule has 0 saturated heterocycles. The Morgan fingerprint density at radius 2 is 1.93 bits per heavy atom. The third kappa shape index (κ3) is 6.38. The first-order valence-electron chi connectivity index (χ1n) is 8.30. The molecule has 2 aromatic carbocycles. The predicted octanol–water partition coefficient (Wildman–Crippen LogP) is 3.67. The molecule has 0 unspecified atom stereocenters. The lowest BCUT2D eigenvalue weighted by Crippen LogP contribution is -2.32. The molecule has 0 atom stereocenters. The SMILES string of the molecule is C=CCOc1ccc(Br)cc1C=NNC(=O)C(=O)Nc1ccc(CC)cc1. The maximum atomic E-state index is 11.9. The predicted molar refractivity (Wildman–Crippen MR) is 110 cm³/mol. The number of amides is 2. The highest BCUT2D eigenvalue weighted by atomic mass is 79.9. The zero-order valence-electron chi connectivity index (χ0n) is 14.9. The van der Waals surface area contributed by atoms with Crippen molar-refractivity contribution in [1.82, 2.24) is 5.43 Å². The lowest BCUT2D eigenvalue weighted by molar-refractivity contribution is -0.136. The fourth-order valence-electron chi connectivity index (χ4n) is 2.12. The van der Waals surface area contributed by atoms with E-state index in [-0.39, 0.29) is 0 Å². The summed E-state index contributed by atoms with van der Waals surface area (Å²) in [5, 5.41) is 6.35. The molecule has 2 aromatic rings.